The first-order valence-corrected chi connectivity index (χ1v) is 9.02. The molecule has 1 aliphatic heterocycles. The molecule has 0 unspecified atom stereocenters. The average Bonchev–Trinajstić information content (AvgIpc) is 2.84. The molecule has 0 atom stereocenters. The van der Waals surface area contributed by atoms with E-state index in [1.54, 1.807) is 12.1 Å². The first-order valence-electron chi connectivity index (χ1n) is 8.64. The van der Waals surface area contributed by atoms with E-state index in [1.165, 1.54) is 11.3 Å². The van der Waals surface area contributed by atoms with E-state index in [4.69, 9.17) is 16.3 Å². The van der Waals surface area contributed by atoms with Gasteiger partial charge in [0, 0.05) is 6.04 Å². The highest BCUT2D eigenvalue weighted by Gasteiger charge is 2.42. The highest BCUT2D eigenvalue weighted by molar-refractivity contribution is 6.55. The third-order valence-electron chi connectivity index (χ3n) is 4.61. The second kappa shape index (κ2) is 7.39. The number of rotatable bonds is 5. The van der Waals surface area contributed by atoms with Gasteiger partial charge in [-0.2, -0.15) is 0 Å². The molecular formula is C19H22ClNO3. The van der Waals surface area contributed by atoms with Crippen LogP contribution >= 0.6 is 11.6 Å². The minimum Gasteiger partial charge on any atom is -0.494 e. The fraction of sp³-hybridized carbons (Fsp3) is 0.474. The molecule has 2 amide bonds. The van der Waals surface area contributed by atoms with Crippen LogP contribution in [-0.2, 0) is 9.59 Å². The van der Waals surface area contributed by atoms with Crippen LogP contribution in [0.5, 0.6) is 5.75 Å². The van der Waals surface area contributed by atoms with Crippen LogP contribution in [0.2, 0.25) is 0 Å². The van der Waals surface area contributed by atoms with Gasteiger partial charge in [-0.1, -0.05) is 49.9 Å². The van der Waals surface area contributed by atoms with Gasteiger partial charge in [-0.3, -0.25) is 14.5 Å². The summed E-state index contributed by atoms with van der Waals surface area (Å²) in [5.41, 5.74) is 0.981. The standard InChI is InChI=1S/C19H22ClNO3/c1-2-12-24-15-10-8-13(9-11-15)16-17(20)19(23)21(18(16)22)14-6-4-3-5-7-14/h8-11,14H,2-7,12H2,1H3. The van der Waals surface area contributed by atoms with Crippen LogP contribution in [0.1, 0.15) is 51.0 Å². The highest BCUT2D eigenvalue weighted by atomic mass is 35.5. The van der Waals surface area contributed by atoms with Crippen molar-refractivity contribution in [3.8, 4) is 5.75 Å². The number of amides is 2. The van der Waals surface area contributed by atoms with Crippen molar-refractivity contribution in [2.24, 2.45) is 0 Å². The third-order valence-corrected chi connectivity index (χ3v) is 4.97. The van der Waals surface area contributed by atoms with E-state index in [9.17, 15) is 9.59 Å². The molecule has 24 heavy (non-hydrogen) atoms. The number of carbonyl (C=O) groups is 2. The van der Waals surface area contributed by atoms with Crippen LogP contribution in [0.3, 0.4) is 0 Å². The van der Waals surface area contributed by atoms with Crippen molar-refractivity contribution < 1.29 is 14.3 Å². The van der Waals surface area contributed by atoms with Crippen molar-refractivity contribution in [1.82, 2.24) is 4.90 Å². The van der Waals surface area contributed by atoms with E-state index >= 15 is 0 Å². The van der Waals surface area contributed by atoms with E-state index in [2.05, 4.69) is 0 Å². The van der Waals surface area contributed by atoms with Crippen LogP contribution in [-0.4, -0.2) is 29.4 Å². The summed E-state index contributed by atoms with van der Waals surface area (Å²) < 4.78 is 5.55. The van der Waals surface area contributed by atoms with Crippen molar-refractivity contribution in [1.29, 1.82) is 0 Å². The Morgan fingerprint density at radius 2 is 1.75 bits per heavy atom. The summed E-state index contributed by atoms with van der Waals surface area (Å²) in [6.07, 6.45) is 5.95. The van der Waals surface area contributed by atoms with Crippen LogP contribution in [0.4, 0.5) is 0 Å². The number of benzene rings is 1. The Kier molecular flexibility index (Phi) is 5.24. The van der Waals surface area contributed by atoms with Gasteiger partial charge in [-0.05, 0) is 37.0 Å². The quantitative estimate of drug-likeness (QED) is 0.752. The lowest BCUT2D eigenvalue weighted by Crippen LogP contribution is -2.41. The zero-order chi connectivity index (χ0) is 17.1. The van der Waals surface area contributed by atoms with E-state index in [0.717, 1.165) is 37.9 Å². The number of imide groups is 1. The van der Waals surface area contributed by atoms with E-state index in [1.807, 2.05) is 19.1 Å². The molecule has 128 valence electrons. The second-order valence-corrected chi connectivity index (χ2v) is 6.71. The zero-order valence-corrected chi connectivity index (χ0v) is 14.6. The molecule has 3 rings (SSSR count). The predicted octanol–water partition coefficient (Wildman–Crippen LogP) is 4.13. The van der Waals surface area contributed by atoms with Gasteiger partial charge < -0.3 is 4.74 Å². The maximum Gasteiger partial charge on any atom is 0.273 e. The molecule has 1 aromatic rings. The van der Waals surface area contributed by atoms with Crippen molar-refractivity contribution in [3.63, 3.8) is 0 Å². The molecule has 0 bridgehead atoms. The lowest BCUT2D eigenvalue weighted by molar-refractivity contribution is -0.139. The molecule has 1 aromatic carbocycles. The summed E-state index contributed by atoms with van der Waals surface area (Å²) in [5, 5.41) is 0.0350. The number of ether oxygens (including phenoxy) is 1. The Balaban J connectivity index is 1.82. The topological polar surface area (TPSA) is 46.6 Å². The Labute approximate surface area is 147 Å². The van der Waals surface area contributed by atoms with Gasteiger partial charge in [0.05, 0.1) is 12.2 Å². The monoisotopic (exact) mass is 347 g/mol. The molecule has 0 spiro atoms. The molecule has 2 aliphatic rings. The number of halogens is 1. The van der Waals surface area contributed by atoms with Gasteiger partial charge in [-0.15, -0.1) is 0 Å². The summed E-state index contributed by atoms with van der Waals surface area (Å²) in [6.45, 7) is 2.69. The van der Waals surface area contributed by atoms with E-state index in [0.29, 0.717) is 17.7 Å². The molecule has 1 saturated carbocycles. The molecule has 1 fully saturated rings. The number of nitrogens with zero attached hydrogens (tertiary/aromatic N) is 1. The lowest BCUT2D eigenvalue weighted by Gasteiger charge is -2.29. The molecular weight excluding hydrogens is 326 g/mol. The zero-order valence-electron chi connectivity index (χ0n) is 13.9. The van der Waals surface area contributed by atoms with Gasteiger partial charge in [0.1, 0.15) is 10.8 Å². The normalized spacial score (nSPS) is 19.3. The molecule has 0 aromatic heterocycles. The van der Waals surface area contributed by atoms with Gasteiger partial charge in [-0.25, -0.2) is 0 Å². The van der Waals surface area contributed by atoms with Crippen molar-refractivity contribution in [3.05, 3.63) is 34.9 Å². The van der Waals surface area contributed by atoms with Crippen LogP contribution in [0.25, 0.3) is 5.57 Å². The van der Waals surface area contributed by atoms with Crippen LogP contribution in [0.15, 0.2) is 29.3 Å². The smallest absolute Gasteiger partial charge is 0.273 e. The molecule has 0 radical (unpaired) electrons. The molecule has 0 saturated heterocycles. The highest BCUT2D eigenvalue weighted by Crippen LogP contribution is 2.36. The maximum absolute atomic E-state index is 12.8. The van der Waals surface area contributed by atoms with Crippen LogP contribution in [0, 0.1) is 0 Å². The Bertz CT molecular complexity index is 660. The Morgan fingerprint density at radius 3 is 2.38 bits per heavy atom. The van der Waals surface area contributed by atoms with E-state index < -0.39 is 0 Å². The van der Waals surface area contributed by atoms with Gasteiger partial charge >= 0.3 is 0 Å². The summed E-state index contributed by atoms with van der Waals surface area (Å²) in [5.74, 6) is 0.132. The van der Waals surface area contributed by atoms with Crippen molar-refractivity contribution in [2.75, 3.05) is 6.61 Å². The second-order valence-electron chi connectivity index (χ2n) is 6.33. The fourth-order valence-corrected chi connectivity index (χ4v) is 3.66. The SMILES string of the molecule is CCCOc1ccc(C2=C(Cl)C(=O)N(C3CCCCC3)C2=O)cc1. The van der Waals surface area contributed by atoms with Crippen molar-refractivity contribution >= 4 is 29.0 Å². The Morgan fingerprint density at radius 1 is 1.08 bits per heavy atom. The lowest BCUT2D eigenvalue weighted by atomic mass is 9.94. The molecule has 4 nitrogen and oxygen atoms in total. The summed E-state index contributed by atoms with van der Waals surface area (Å²) in [6, 6.07) is 7.18. The van der Waals surface area contributed by atoms with Gasteiger partial charge in [0.15, 0.2) is 0 Å². The molecule has 1 heterocycles. The summed E-state index contributed by atoms with van der Waals surface area (Å²) in [7, 11) is 0. The Hall–Kier alpha value is -1.81. The first-order chi connectivity index (χ1) is 11.6. The average molecular weight is 348 g/mol. The molecule has 0 N–H and O–H groups in total. The molecule has 1 aliphatic carbocycles. The van der Waals surface area contributed by atoms with Gasteiger partial charge in [0.2, 0.25) is 0 Å². The van der Waals surface area contributed by atoms with Crippen LogP contribution < -0.4 is 4.74 Å². The number of hydrogen-bond donors (Lipinski definition) is 0. The molecule has 5 heteroatoms. The largest absolute Gasteiger partial charge is 0.494 e. The first kappa shape index (κ1) is 17.0. The third kappa shape index (κ3) is 3.20. The predicted molar refractivity (Wildman–Crippen MR) is 93.7 cm³/mol. The summed E-state index contributed by atoms with van der Waals surface area (Å²) >= 11 is 6.23. The van der Waals surface area contributed by atoms with Gasteiger partial charge in [0.25, 0.3) is 11.8 Å². The maximum atomic E-state index is 12.8. The minimum atomic E-state index is -0.352. The van der Waals surface area contributed by atoms with E-state index in [-0.39, 0.29) is 22.9 Å². The fourth-order valence-electron chi connectivity index (χ4n) is 3.38. The van der Waals surface area contributed by atoms with Crippen molar-refractivity contribution in [2.45, 2.75) is 51.5 Å². The number of carbonyl (C=O) groups excluding carboxylic acids is 2. The summed E-state index contributed by atoms with van der Waals surface area (Å²) in [4.78, 5) is 26.7. The minimum absolute atomic E-state index is 0.0165. The number of hydrogen-bond acceptors (Lipinski definition) is 3.